The van der Waals surface area contributed by atoms with Crippen molar-refractivity contribution in [3.8, 4) is 0 Å². The molecule has 1 fully saturated rings. The second-order valence-electron chi connectivity index (χ2n) is 4.77. The summed E-state index contributed by atoms with van der Waals surface area (Å²) in [6.45, 7) is 3.85. The Bertz CT molecular complexity index is 437. The second-order valence-corrected chi connectivity index (χ2v) is 4.77. The first kappa shape index (κ1) is 11.9. The molecule has 0 amide bonds. The highest BCUT2D eigenvalue weighted by molar-refractivity contribution is 5.54. The van der Waals surface area contributed by atoms with Gasteiger partial charge in [0.05, 0.1) is 0 Å². The smallest absolute Gasteiger partial charge is 0.362 e. The van der Waals surface area contributed by atoms with E-state index in [9.17, 15) is 10.1 Å². The summed E-state index contributed by atoms with van der Waals surface area (Å²) >= 11 is 0. The monoisotopic (exact) mass is 238 g/mol. The van der Waals surface area contributed by atoms with Gasteiger partial charge in [0.2, 0.25) is 11.6 Å². The van der Waals surface area contributed by atoms with Gasteiger partial charge in [0, 0.05) is 20.0 Å². The molecule has 1 heterocycles. The fraction of sp³-hybridized carbons (Fsp3) is 0.727. The van der Waals surface area contributed by atoms with Crippen molar-refractivity contribution in [3.63, 3.8) is 0 Å². The third-order valence-corrected chi connectivity index (χ3v) is 3.69. The van der Waals surface area contributed by atoms with Crippen LogP contribution < -0.4 is 5.32 Å². The van der Waals surface area contributed by atoms with Crippen molar-refractivity contribution in [2.24, 2.45) is 13.0 Å². The zero-order chi connectivity index (χ0) is 12.6. The van der Waals surface area contributed by atoms with E-state index < -0.39 is 4.92 Å². The molecule has 0 aromatic carbocycles. The summed E-state index contributed by atoms with van der Waals surface area (Å²) in [7, 11) is 1.80. The number of nitrogens with one attached hydrogen (secondary N) is 1. The van der Waals surface area contributed by atoms with Crippen LogP contribution in [0.3, 0.4) is 0 Å². The van der Waals surface area contributed by atoms with Crippen LogP contribution in [0.15, 0.2) is 0 Å². The molecule has 1 atom stereocenters. The standard InChI is InChI=1S/C11H18N4O2/c1-7(9-5-4-6-9)12-10-11(15(16)17)13-8(2)14(10)3/h7,9,12H,4-6H2,1-3H3. The number of hydrogen-bond donors (Lipinski definition) is 1. The Balaban J connectivity index is 2.21. The van der Waals surface area contributed by atoms with Gasteiger partial charge in [-0.3, -0.25) is 4.57 Å². The summed E-state index contributed by atoms with van der Waals surface area (Å²) in [5, 5.41) is 14.2. The average Bonchev–Trinajstić information content (AvgIpc) is 2.43. The van der Waals surface area contributed by atoms with Gasteiger partial charge in [0.1, 0.15) is 0 Å². The van der Waals surface area contributed by atoms with E-state index in [2.05, 4.69) is 17.2 Å². The minimum absolute atomic E-state index is 0.0730. The summed E-state index contributed by atoms with van der Waals surface area (Å²) in [6.07, 6.45) is 3.68. The molecule has 1 aromatic rings. The summed E-state index contributed by atoms with van der Waals surface area (Å²) in [5.41, 5.74) is 0. The van der Waals surface area contributed by atoms with E-state index in [0.29, 0.717) is 17.6 Å². The molecule has 2 rings (SSSR count). The van der Waals surface area contributed by atoms with Crippen molar-refractivity contribution in [2.75, 3.05) is 5.32 Å². The minimum atomic E-state index is -0.428. The van der Waals surface area contributed by atoms with Gasteiger partial charge in [-0.15, -0.1) is 0 Å². The van der Waals surface area contributed by atoms with Gasteiger partial charge in [0.25, 0.3) is 0 Å². The van der Waals surface area contributed by atoms with Crippen molar-refractivity contribution in [2.45, 2.75) is 39.2 Å². The highest BCUT2D eigenvalue weighted by Crippen LogP contribution is 2.33. The van der Waals surface area contributed by atoms with Gasteiger partial charge in [-0.05, 0) is 35.6 Å². The van der Waals surface area contributed by atoms with Gasteiger partial charge in [-0.25, -0.2) is 0 Å². The second kappa shape index (κ2) is 4.35. The third-order valence-electron chi connectivity index (χ3n) is 3.69. The molecule has 1 aromatic heterocycles. The highest BCUT2D eigenvalue weighted by Gasteiger charge is 2.29. The normalized spacial score (nSPS) is 17.6. The van der Waals surface area contributed by atoms with E-state index in [1.54, 1.807) is 18.5 Å². The van der Waals surface area contributed by atoms with Gasteiger partial charge >= 0.3 is 5.82 Å². The van der Waals surface area contributed by atoms with Crippen LogP contribution in [0.4, 0.5) is 11.6 Å². The Morgan fingerprint density at radius 3 is 2.71 bits per heavy atom. The first-order valence-electron chi connectivity index (χ1n) is 5.95. The Hall–Kier alpha value is -1.59. The summed E-state index contributed by atoms with van der Waals surface area (Å²) in [4.78, 5) is 14.5. The number of anilines is 1. The summed E-state index contributed by atoms with van der Waals surface area (Å²) in [5.74, 6) is 1.73. The Morgan fingerprint density at radius 1 is 1.59 bits per heavy atom. The minimum Gasteiger partial charge on any atom is -0.362 e. The first-order chi connectivity index (χ1) is 8.00. The number of aromatic nitrogens is 2. The van der Waals surface area contributed by atoms with Crippen molar-refractivity contribution < 1.29 is 4.92 Å². The maximum absolute atomic E-state index is 10.9. The van der Waals surface area contributed by atoms with Crippen molar-refractivity contribution in [1.82, 2.24) is 9.55 Å². The van der Waals surface area contributed by atoms with E-state index in [1.807, 2.05) is 0 Å². The topological polar surface area (TPSA) is 73.0 Å². The number of imidazole rings is 1. The van der Waals surface area contributed by atoms with Gasteiger partial charge in [-0.1, -0.05) is 6.42 Å². The van der Waals surface area contributed by atoms with E-state index in [4.69, 9.17) is 0 Å². The molecule has 1 unspecified atom stereocenters. The van der Waals surface area contributed by atoms with Crippen molar-refractivity contribution in [1.29, 1.82) is 0 Å². The largest absolute Gasteiger partial charge is 0.406 e. The average molecular weight is 238 g/mol. The Kier molecular flexibility index (Phi) is 3.04. The molecular weight excluding hydrogens is 220 g/mol. The molecule has 0 bridgehead atoms. The quantitative estimate of drug-likeness (QED) is 0.645. The molecule has 1 N–H and O–H groups in total. The molecule has 1 aliphatic rings. The van der Waals surface area contributed by atoms with Crippen LogP contribution in [0.2, 0.25) is 0 Å². The Morgan fingerprint density at radius 2 is 2.24 bits per heavy atom. The molecule has 0 aliphatic heterocycles. The van der Waals surface area contributed by atoms with Gasteiger partial charge in [0.15, 0.2) is 0 Å². The lowest BCUT2D eigenvalue weighted by atomic mass is 9.80. The number of nitro groups is 1. The number of aryl methyl sites for hydroxylation is 1. The zero-order valence-electron chi connectivity index (χ0n) is 10.4. The van der Waals surface area contributed by atoms with Crippen LogP contribution in [0.5, 0.6) is 0 Å². The predicted molar refractivity (Wildman–Crippen MR) is 65.0 cm³/mol. The Labute approximate surface area is 100 Å². The van der Waals surface area contributed by atoms with Gasteiger partial charge < -0.3 is 15.4 Å². The molecular formula is C11H18N4O2. The molecule has 1 saturated carbocycles. The van der Waals surface area contributed by atoms with Crippen LogP contribution in [0.1, 0.15) is 32.0 Å². The van der Waals surface area contributed by atoms with Crippen molar-refractivity contribution in [3.05, 3.63) is 15.9 Å². The SMILES string of the molecule is Cc1nc([N+](=O)[O-])c(NC(C)C2CCC2)n1C. The highest BCUT2D eigenvalue weighted by atomic mass is 16.6. The lowest BCUT2D eigenvalue weighted by molar-refractivity contribution is -0.388. The molecule has 94 valence electrons. The lowest BCUT2D eigenvalue weighted by Gasteiger charge is -2.32. The van der Waals surface area contributed by atoms with Crippen LogP contribution in [0, 0.1) is 23.0 Å². The molecule has 0 spiro atoms. The molecule has 0 radical (unpaired) electrons. The molecule has 6 heteroatoms. The first-order valence-corrected chi connectivity index (χ1v) is 5.95. The lowest BCUT2D eigenvalue weighted by Crippen LogP contribution is -2.31. The molecule has 0 saturated heterocycles. The van der Waals surface area contributed by atoms with Crippen LogP contribution >= 0.6 is 0 Å². The fourth-order valence-electron chi connectivity index (χ4n) is 2.16. The van der Waals surface area contributed by atoms with E-state index >= 15 is 0 Å². The maximum Gasteiger partial charge on any atom is 0.406 e. The van der Waals surface area contributed by atoms with Crippen LogP contribution in [0.25, 0.3) is 0 Å². The number of nitrogens with zero attached hydrogens (tertiary/aromatic N) is 3. The summed E-state index contributed by atoms with van der Waals surface area (Å²) in [6, 6.07) is 0.261. The number of rotatable bonds is 4. The van der Waals surface area contributed by atoms with Crippen LogP contribution in [-0.4, -0.2) is 20.5 Å². The third kappa shape index (κ3) is 2.11. The van der Waals surface area contributed by atoms with E-state index in [0.717, 1.165) is 0 Å². The summed E-state index contributed by atoms with van der Waals surface area (Å²) < 4.78 is 1.74. The van der Waals surface area contributed by atoms with Gasteiger partial charge in [-0.2, -0.15) is 0 Å². The van der Waals surface area contributed by atoms with Crippen LogP contribution in [-0.2, 0) is 7.05 Å². The molecule has 6 nitrogen and oxygen atoms in total. The molecule has 1 aliphatic carbocycles. The fourth-order valence-corrected chi connectivity index (χ4v) is 2.16. The zero-order valence-corrected chi connectivity index (χ0v) is 10.4. The molecule has 17 heavy (non-hydrogen) atoms. The van der Waals surface area contributed by atoms with E-state index in [-0.39, 0.29) is 11.9 Å². The van der Waals surface area contributed by atoms with E-state index in [1.165, 1.54) is 19.3 Å². The maximum atomic E-state index is 10.9. The van der Waals surface area contributed by atoms with Crippen molar-refractivity contribution >= 4 is 11.6 Å². The predicted octanol–water partition coefficient (Wildman–Crippen LogP) is 2.24. The number of hydrogen-bond acceptors (Lipinski definition) is 4.